The van der Waals surface area contributed by atoms with E-state index in [9.17, 15) is 4.79 Å². The molecule has 0 spiro atoms. The van der Waals surface area contributed by atoms with Crippen LogP contribution in [0.4, 0.5) is 0 Å². The van der Waals surface area contributed by atoms with Gasteiger partial charge in [-0.3, -0.25) is 4.79 Å². The Morgan fingerprint density at radius 2 is 1.95 bits per heavy atom. The molecule has 0 aromatic heterocycles. The van der Waals surface area contributed by atoms with Crippen LogP contribution in [-0.2, 0) is 10.2 Å². The number of hydrogen-bond donors (Lipinski definition) is 0. The maximum atomic E-state index is 11.6. The Kier molecular flexibility index (Phi) is 6.14. The van der Waals surface area contributed by atoms with Gasteiger partial charge in [-0.25, -0.2) is 0 Å². The fourth-order valence-electron chi connectivity index (χ4n) is 2.14. The van der Waals surface area contributed by atoms with Crippen molar-refractivity contribution in [2.75, 3.05) is 11.5 Å². The first kappa shape index (κ1) is 18.0. The summed E-state index contributed by atoms with van der Waals surface area (Å²) >= 11 is 5.40. The zero-order valence-corrected chi connectivity index (χ0v) is 16.2. The molecule has 2 unspecified atom stereocenters. The van der Waals surface area contributed by atoms with Crippen molar-refractivity contribution in [3.63, 3.8) is 0 Å². The van der Waals surface area contributed by atoms with E-state index in [0.717, 1.165) is 11.5 Å². The van der Waals surface area contributed by atoms with E-state index < -0.39 is 0 Å². The molecule has 0 radical (unpaired) electrons. The van der Waals surface area contributed by atoms with Crippen LogP contribution < -0.4 is 0 Å². The zero-order chi connectivity index (χ0) is 16.3. The van der Waals surface area contributed by atoms with Crippen LogP contribution in [0.2, 0.25) is 0 Å². The third-order valence-electron chi connectivity index (χ3n) is 3.55. The Balaban J connectivity index is 1.90. The van der Waals surface area contributed by atoms with Gasteiger partial charge in [0.2, 0.25) is 5.12 Å². The van der Waals surface area contributed by atoms with E-state index in [-0.39, 0.29) is 10.5 Å². The number of benzene rings is 1. The molecule has 1 aliphatic heterocycles. The minimum absolute atomic E-state index is 0.128. The SMILES string of the molecule is C=C(C)C(=O)SCC1CSC(c2ccc(C(C)(C)C)cc2)S1. The van der Waals surface area contributed by atoms with Gasteiger partial charge in [-0.15, -0.1) is 23.5 Å². The van der Waals surface area contributed by atoms with Crippen LogP contribution in [-0.4, -0.2) is 21.9 Å². The second-order valence-electron chi connectivity index (χ2n) is 6.67. The fraction of sp³-hybridized carbons (Fsp3) is 0.500. The maximum Gasteiger partial charge on any atom is 0.214 e. The highest BCUT2D eigenvalue weighted by molar-refractivity contribution is 8.21. The highest BCUT2D eigenvalue weighted by atomic mass is 32.2. The molecule has 1 saturated heterocycles. The summed E-state index contributed by atoms with van der Waals surface area (Å²) in [5.41, 5.74) is 3.62. The summed E-state index contributed by atoms with van der Waals surface area (Å²) < 4.78 is 0.500. The summed E-state index contributed by atoms with van der Waals surface area (Å²) in [5.74, 6) is 2.01. The normalized spacial score (nSPS) is 21.8. The van der Waals surface area contributed by atoms with Gasteiger partial charge < -0.3 is 0 Å². The van der Waals surface area contributed by atoms with Crippen molar-refractivity contribution in [3.05, 3.63) is 47.5 Å². The second kappa shape index (κ2) is 7.50. The smallest absolute Gasteiger partial charge is 0.214 e. The average Bonchev–Trinajstić information content (AvgIpc) is 2.92. The molecular weight excluding hydrogens is 328 g/mol. The Labute approximate surface area is 147 Å². The molecule has 1 aromatic rings. The molecule has 0 N–H and O–H groups in total. The van der Waals surface area contributed by atoms with E-state index in [2.05, 4.69) is 51.6 Å². The summed E-state index contributed by atoms with van der Waals surface area (Å²) in [6.07, 6.45) is 0. The van der Waals surface area contributed by atoms with Crippen molar-refractivity contribution in [2.24, 2.45) is 0 Å². The Bertz CT molecular complexity index is 542. The minimum Gasteiger partial charge on any atom is -0.282 e. The summed E-state index contributed by atoms with van der Waals surface area (Å²) in [6, 6.07) is 9.03. The van der Waals surface area contributed by atoms with Crippen LogP contribution in [0.5, 0.6) is 0 Å². The minimum atomic E-state index is 0.128. The van der Waals surface area contributed by atoms with Gasteiger partial charge >= 0.3 is 0 Å². The molecule has 0 bridgehead atoms. The lowest BCUT2D eigenvalue weighted by Crippen LogP contribution is -2.10. The van der Waals surface area contributed by atoms with Crippen molar-refractivity contribution in [2.45, 2.75) is 42.9 Å². The van der Waals surface area contributed by atoms with E-state index in [0.29, 0.717) is 15.4 Å². The quantitative estimate of drug-likeness (QED) is 0.649. The lowest BCUT2D eigenvalue weighted by molar-refractivity contribution is -0.107. The highest BCUT2D eigenvalue weighted by Crippen LogP contribution is 2.50. The van der Waals surface area contributed by atoms with Crippen LogP contribution in [0, 0.1) is 0 Å². The average molecular weight is 353 g/mol. The standard InChI is InChI=1S/C18H24OS3/c1-12(2)16(19)20-10-15-11-21-17(22-15)13-6-8-14(9-7-13)18(3,4)5/h6-9,15,17H,1,10-11H2,2-5H3. The molecule has 1 fully saturated rings. The third-order valence-corrected chi connectivity index (χ3v) is 8.30. The molecule has 0 saturated carbocycles. The van der Waals surface area contributed by atoms with E-state index in [4.69, 9.17) is 0 Å². The largest absolute Gasteiger partial charge is 0.282 e. The summed E-state index contributed by atoms with van der Waals surface area (Å²) in [7, 11) is 0. The van der Waals surface area contributed by atoms with E-state index in [1.165, 1.54) is 22.9 Å². The topological polar surface area (TPSA) is 17.1 Å². The monoisotopic (exact) mass is 352 g/mol. The molecule has 2 rings (SSSR count). The van der Waals surface area contributed by atoms with Gasteiger partial charge in [-0.05, 0) is 29.0 Å². The molecule has 2 atom stereocenters. The predicted molar refractivity (Wildman–Crippen MR) is 104 cm³/mol. The van der Waals surface area contributed by atoms with Gasteiger partial charge in [0.15, 0.2) is 0 Å². The first-order valence-corrected chi connectivity index (χ1v) is 10.4. The molecule has 22 heavy (non-hydrogen) atoms. The van der Waals surface area contributed by atoms with Crippen molar-refractivity contribution < 1.29 is 4.79 Å². The third kappa shape index (κ3) is 4.84. The van der Waals surface area contributed by atoms with E-state index in [1.807, 2.05) is 23.5 Å². The van der Waals surface area contributed by atoms with Gasteiger partial charge in [-0.2, -0.15) is 0 Å². The van der Waals surface area contributed by atoms with Crippen molar-refractivity contribution in [1.82, 2.24) is 0 Å². The Hall–Kier alpha value is -0.320. The summed E-state index contributed by atoms with van der Waals surface area (Å²) in [4.78, 5) is 11.6. The molecule has 1 aromatic carbocycles. The van der Waals surface area contributed by atoms with E-state index >= 15 is 0 Å². The molecular formula is C18H24OS3. The van der Waals surface area contributed by atoms with Gasteiger partial charge in [0.05, 0.1) is 4.58 Å². The summed E-state index contributed by atoms with van der Waals surface area (Å²) in [5, 5.41) is 0.675. The van der Waals surface area contributed by atoms with Crippen molar-refractivity contribution >= 4 is 40.4 Å². The second-order valence-corrected chi connectivity index (χ2v) is 10.5. The number of carbonyl (C=O) groups is 1. The Morgan fingerprint density at radius 3 is 2.50 bits per heavy atom. The molecule has 120 valence electrons. The lowest BCUT2D eigenvalue weighted by atomic mass is 9.87. The lowest BCUT2D eigenvalue weighted by Gasteiger charge is -2.20. The van der Waals surface area contributed by atoms with Crippen LogP contribution in [0.3, 0.4) is 0 Å². The number of thioether (sulfide) groups is 3. The molecule has 4 heteroatoms. The number of rotatable bonds is 4. The zero-order valence-electron chi connectivity index (χ0n) is 13.7. The van der Waals surface area contributed by atoms with Crippen LogP contribution in [0.1, 0.15) is 43.4 Å². The Morgan fingerprint density at radius 1 is 1.32 bits per heavy atom. The molecule has 0 amide bonds. The van der Waals surface area contributed by atoms with Gasteiger partial charge in [0.25, 0.3) is 0 Å². The van der Waals surface area contributed by atoms with Crippen molar-refractivity contribution in [1.29, 1.82) is 0 Å². The number of carbonyl (C=O) groups excluding carboxylic acids is 1. The van der Waals surface area contributed by atoms with Crippen LogP contribution in [0.25, 0.3) is 0 Å². The predicted octanol–water partition coefficient (Wildman–Crippen LogP) is 5.67. The molecule has 0 aliphatic carbocycles. The van der Waals surface area contributed by atoms with Crippen LogP contribution in [0.15, 0.2) is 36.4 Å². The summed E-state index contributed by atoms with van der Waals surface area (Å²) in [6.45, 7) is 12.2. The van der Waals surface area contributed by atoms with E-state index in [1.54, 1.807) is 6.92 Å². The molecule has 1 heterocycles. The van der Waals surface area contributed by atoms with Gasteiger partial charge in [-0.1, -0.05) is 63.4 Å². The first-order chi connectivity index (χ1) is 10.3. The van der Waals surface area contributed by atoms with Gasteiger partial charge in [0, 0.05) is 16.8 Å². The molecule has 1 nitrogen and oxygen atoms in total. The highest BCUT2D eigenvalue weighted by Gasteiger charge is 2.28. The fourth-order valence-corrected chi connectivity index (χ4v) is 6.60. The van der Waals surface area contributed by atoms with Gasteiger partial charge in [0.1, 0.15) is 0 Å². The first-order valence-electron chi connectivity index (χ1n) is 7.47. The van der Waals surface area contributed by atoms with Crippen LogP contribution >= 0.6 is 35.3 Å². The maximum absolute atomic E-state index is 11.6. The number of hydrogen-bond acceptors (Lipinski definition) is 4. The molecule has 1 aliphatic rings. The van der Waals surface area contributed by atoms with Crippen molar-refractivity contribution in [3.8, 4) is 0 Å².